The van der Waals surface area contributed by atoms with Crippen LogP contribution >= 0.6 is 11.9 Å². The lowest BCUT2D eigenvalue weighted by molar-refractivity contribution is 0.901. The molecule has 0 saturated carbocycles. The van der Waals surface area contributed by atoms with Gasteiger partial charge < -0.3 is 4.57 Å². The van der Waals surface area contributed by atoms with Gasteiger partial charge in [0, 0.05) is 7.05 Å². The average Bonchev–Trinajstić information content (AvgIpc) is 2.90. The number of aliphatic imine (C=N–C) groups is 1. The average molecular weight is 338 g/mol. The molecular weight excluding hydrogens is 316 g/mol. The van der Waals surface area contributed by atoms with Gasteiger partial charge >= 0.3 is 0 Å². The normalized spacial score (nSPS) is 12.4. The number of hydrogen-bond acceptors (Lipinski definition) is 4. The quantitative estimate of drug-likeness (QED) is 0.446. The maximum absolute atomic E-state index is 8.64. The summed E-state index contributed by atoms with van der Waals surface area (Å²) < 4.78 is 6.24. The zero-order valence-corrected chi connectivity index (χ0v) is 15.8. The minimum Gasteiger partial charge on any atom is -0.342 e. The summed E-state index contributed by atoms with van der Waals surface area (Å²) in [4.78, 5) is 4.86. The summed E-state index contributed by atoms with van der Waals surface area (Å²) in [6.45, 7) is 10.2. The summed E-state index contributed by atoms with van der Waals surface area (Å²) in [5, 5.41) is 10.6. The van der Waals surface area contributed by atoms with Crippen LogP contribution in [0.3, 0.4) is 0 Å². The molecule has 5 heteroatoms. The molecule has 0 aliphatic heterocycles. The van der Waals surface area contributed by atoms with Gasteiger partial charge in [0.05, 0.1) is 40.4 Å². The van der Waals surface area contributed by atoms with E-state index in [9.17, 15) is 0 Å². The Morgan fingerprint density at radius 1 is 1.04 bits per heavy atom. The summed E-state index contributed by atoms with van der Waals surface area (Å²) in [6.07, 6.45) is 0. The van der Waals surface area contributed by atoms with E-state index in [1.807, 2.05) is 38.4 Å². The largest absolute Gasteiger partial charge is 0.342 e. The fourth-order valence-electron chi connectivity index (χ4n) is 2.95. The summed E-state index contributed by atoms with van der Waals surface area (Å²) in [5.41, 5.74) is 8.47. The van der Waals surface area contributed by atoms with Crippen molar-refractivity contribution in [2.45, 2.75) is 34.6 Å². The van der Waals surface area contributed by atoms with Crippen LogP contribution in [-0.2, 0) is 7.05 Å². The highest BCUT2D eigenvalue weighted by molar-refractivity contribution is 8.02. The third-order valence-corrected chi connectivity index (χ3v) is 4.45. The molecule has 0 unspecified atom stereocenters. The van der Waals surface area contributed by atoms with Gasteiger partial charge in [-0.3, -0.25) is 4.99 Å². The van der Waals surface area contributed by atoms with Gasteiger partial charge in [-0.15, -0.1) is 0 Å². The third kappa shape index (κ3) is 3.77. The van der Waals surface area contributed by atoms with Crippen LogP contribution in [0, 0.1) is 31.4 Å². The Bertz CT molecular complexity index is 843. The van der Waals surface area contributed by atoms with Crippen LogP contribution in [0.25, 0.3) is 0 Å². The number of aromatic nitrogens is 1. The smallest absolute Gasteiger partial charge is 0.157 e. The van der Waals surface area contributed by atoms with E-state index >= 15 is 0 Å². The summed E-state index contributed by atoms with van der Waals surface area (Å²) in [6, 6.07) is 8.37. The van der Waals surface area contributed by atoms with Gasteiger partial charge in [-0.2, -0.15) is 5.26 Å². The Morgan fingerprint density at radius 2 is 1.58 bits per heavy atom. The number of rotatable bonds is 4. The predicted octanol–water partition coefficient (Wildman–Crippen LogP) is 5.03. The molecule has 1 aromatic heterocycles. The molecule has 0 bridgehead atoms. The monoisotopic (exact) mass is 338 g/mol. The van der Waals surface area contributed by atoms with Crippen LogP contribution in [0.2, 0.25) is 0 Å². The van der Waals surface area contributed by atoms with Crippen molar-refractivity contribution in [1.29, 1.82) is 5.26 Å². The minimum absolute atomic E-state index is 0.825. The molecule has 0 N–H and O–H groups in total. The first-order chi connectivity index (χ1) is 11.3. The fourth-order valence-corrected chi connectivity index (χ4v) is 3.22. The molecule has 0 aliphatic carbocycles. The first kappa shape index (κ1) is 18.0. The Balaban J connectivity index is 2.43. The van der Waals surface area contributed by atoms with Crippen molar-refractivity contribution < 1.29 is 0 Å². The van der Waals surface area contributed by atoms with Crippen molar-refractivity contribution in [2.75, 3.05) is 0 Å². The number of hydrogen-bond donors (Lipinski definition) is 0. The van der Waals surface area contributed by atoms with E-state index in [1.165, 1.54) is 16.7 Å². The predicted molar refractivity (Wildman–Crippen MR) is 103 cm³/mol. The fraction of sp³-hybridized carbons (Fsp3) is 0.316. The molecule has 0 saturated heterocycles. The molecular formula is C19H22N4S. The molecule has 1 aromatic carbocycles. The molecule has 1 heterocycles. The second-order valence-electron chi connectivity index (χ2n) is 5.97. The maximum atomic E-state index is 8.64. The number of nitriles is 1. The minimum atomic E-state index is 0.825. The molecule has 2 aromatic rings. The SMILES string of the molecule is CC(=Nc1c(C)cc(C)cc1C)c1ccc(/C(C)=N/SC#N)n1C. The zero-order chi connectivity index (χ0) is 17.9. The molecule has 0 atom stereocenters. The van der Waals surface area contributed by atoms with Crippen molar-refractivity contribution in [3.63, 3.8) is 0 Å². The summed E-state index contributed by atoms with van der Waals surface area (Å²) in [5.74, 6) is 0. The van der Waals surface area contributed by atoms with Gasteiger partial charge in [0.2, 0.25) is 0 Å². The highest BCUT2D eigenvalue weighted by atomic mass is 32.2. The lowest BCUT2D eigenvalue weighted by Crippen LogP contribution is -2.09. The van der Waals surface area contributed by atoms with Crippen LogP contribution < -0.4 is 0 Å². The van der Waals surface area contributed by atoms with Gasteiger partial charge in [0.25, 0.3) is 0 Å². The Labute approximate surface area is 148 Å². The number of aryl methyl sites for hydroxylation is 3. The molecule has 0 amide bonds. The summed E-state index contributed by atoms with van der Waals surface area (Å²) in [7, 11) is 1.99. The van der Waals surface area contributed by atoms with Crippen molar-refractivity contribution in [3.8, 4) is 5.40 Å². The lowest BCUT2D eigenvalue weighted by atomic mass is 10.1. The molecule has 0 radical (unpaired) electrons. The molecule has 0 fully saturated rings. The lowest BCUT2D eigenvalue weighted by Gasteiger charge is -2.10. The van der Waals surface area contributed by atoms with Gasteiger partial charge in [-0.1, -0.05) is 17.7 Å². The Kier molecular flexibility index (Phi) is 5.63. The Hall–Kier alpha value is -2.32. The van der Waals surface area contributed by atoms with E-state index in [0.717, 1.165) is 40.4 Å². The number of nitrogens with zero attached hydrogens (tertiary/aromatic N) is 4. The van der Waals surface area contributed by atoms with Crippen LogP contribution in [0.5, 0.6) is 0 Å². The third-order valence-electron chi connectivity index (χ3n) is 4.00. The molecule has 0 aliphatic rings. The standard InChI is InChI=1S/C19H22N4S/c1-12-9-13(2)19(14(3)10-12)21-15(4)17-7-8-18(23(17)6)16(5)22-24-11-20/h7-10H,1-6H3/b21-15?,22-16+. The van der Waals surface area contributed by atoms with Crippen molar-refractivity contribution in [1.82, 2.24) is 4.57 Å². The van der Waals surface area contributed by atoms with Gasteiger partial charge in [-0.05, 0) is 57.9 Å². The van der Waals surface area contributed by atoms with E-state index in [1.54, 1.807) is 0 Å². The molecule has 0 spiro atoms. The Morgan fingerprint density at radius 3 is 2.12 bits per heavy atom. The summed E-state index contributed by atoms with van der Waals surface area (Å²) >= 11 is 0.895. The van der Waals surface area contributed by atoms with Crippen molar-refractivity contribution in [3.05, 3.63) is 52.3 Å². The molecule has 124 valence electrons. The molecule has 2 rings (SSSR count). The first-order valence-corrected chi connectivity index (χ1v) is 8.51. The highest BCUT2D eigenvalue weighted by Gasteiger charge is 2.11. The van der Waals surface area contributed by atoms with Crippen LogP contribution in [-0.4, -0.2) is 16.0 Å². The van der Waals surface area contributed by atoms with Crippen LogP contribution in [0.15, 0.2) is 33.7 Å². The zero-order valence-electron chi connectivity index (χ0n) is 15.0. The number of thiocyanates is 1. The van der Waals surface area contributed by atoms with E-state index < -0.39 is 0 Å². The second-order valence-corrected chi connectivity index (χ2v) is 6.51. The highest BCUT2D eigenvalue weighted by Crippen LogP contribution is 2.26. The second kappa shape index (κ2) is 7.50. The van der Waals surface area contributed by atoms with Crippen LogP contribution in [0.4, 0.5) is 5.69 Å². The van der Waals surface area contributed by atoms with Crippen LogP contribution in [0.1, 0.15) is 41.9 Å². The first-order valence-electron chi connectivity index (χ1n) is 7.74. The number of benzene rings is 1. The van der Waals surface area contributed by atoms with Gasteiger partial charge in [0.15, 0.2) is 5.40 Å². The topological polar surface area (TPSA) is 53.4 Å². The van der Waals surface area contributed by atoms with Crippen molar-refractivity contribution in [2.24, 2.45) is 16.4 Å². The maximum Gasteiger partial charge on any atom is 0.157 e. The van der Waals surface area contributed by atoms with Crippen molar-refractivity contribution >= 4 is 29.1 Å². The van der Waals surface area contributed by atoms with E-state index in [-0.39, 0.29) is 0 Å². The van der Waals surface area contributed by atoms with Gasteiger partial charge in [0.1, 0.15) is 0 Å². The molecule has 4 nitrogen and oxygen atoms in total. The van der Waals surface area contributed by atoms with E-state index in [0.29, 0.717) is 0 Å². The van der Waals surface area contributed by atoms with E-state index in [4.69, 9.17) is 10.3 Å². The van der Waals surface area contributed by atoms with Gasteiger partial charge in [-0.25, -0.2) is 4.40 Å². The molecule has 24 heavy (non-hydrogen) atoms. The van der Waals surface area contributed by atoms with E-state index in [2.05, 4.69) is 41.9 Å².